The first-order valence-corrected chi connectivity index (χ1v) is 7.18. The van der Waals surface area contributed by atoms with Gasteiger partial charge in [0, 0.05) is 5.56 Å². The van der Waals surface area contributed by atoms with Crippen molar-refractivity contribution < 1.29 is 14.3 Å². The molecule has 0 saturated heterocycles. The van der Waals surface area contributed by atoms with Gasteiger partial charge in [0.25, 0.3) is 0 Å². The van der Waals surface area contributed by atoms with Gasteiger partial charge in [-0.2, -0.15) is 0 Å². The number of hydrogen-bond donors (Lipinski definition) is 0. The zero-order valence-corrected chi connectivity index (χ0v) is 11.6. The fraction of sp³-hybridized carbons (Fsp3) is 0.562. The van der Waals surface area contributed by atoms with Gasteiger partial charge >= 0.3 is 0 Å². The molecule has 0 aromatic heterocycles. The predicted octanol–water partition coefficient (Wildman–Crippen LogP) is 3.86. The van der Waals surface area contributed by atoms with Gasteiger partial charge in [-0.05, 0) is 43.9 Å². The van der Waals surface area contributed by atoms with Crippen LogP contribution in [0.25, 0.3) is 0 Å². The van der Waals surface area contributed by atoms with Crippen LogP contribution in [0.1, 0.15) is 49.4 Å². The van der Waals surface area contributed by atoms with E-state index >= 15 is 0 Å². The van der Waals surface area contributed by atoms with Gasteiger partial charge in [0.2, 0.25) is 0 Å². The van der Waals surface area contributed by atoms with Crippen LogP contribution >= 0.6 is 0 Å². The Morgan fingerprint density at radius 2 is 1.95 bits per heavy atom. The van der Waals surface area contributed by atoms with E-state index < -0.39 is 0 Å². The Bertz CT molecular complexity index is 408. The second-order valence-corrected chi connectivity index (χ2v) is 5.07. The summed E-state index contributed by atoms with van der Waals surface area (Å²) in [5.74, 6) is 2.08. The van der Waals surface area contributed by atoms with Gasteiger partial charge in [-0.1, -0.05) is 19.3 Å². The molecule has 1 saturated carbocycles. The molecule has 0 spiro atoms. The molecule has 0 amide bonds. The van der Waals surface area contributed by atoms with Crippen molar-refractivity contribution in [3.8, 4) is 11.5 Å². The van der Waals surface area contributed by atoms with Crippen LogP contribution in [-0.2, 0) is 0 Å². The van der Waals surface area contributed by atoms with Crippen molar-refractivity contribution in [1.29, 1.82) is 0 Å². The third kappa shape index (κ3) is 3.98. The standard InChI is InChI=1S/C16H22O3/c1-2-18-16-10-14(11-17)8-9-15(16)19-12-13-6-4-3-5-7-13/h8-11,13H,2-7,12H2,1H3. The van der Waals surface area contributed by atoms with E-state index in [4.69, 9.17) is 9.47 Å². The maximum absolute atomic E-state index is 10.8. The quantitative estimate of drug-likeness (QED) is 0.730. The topological polar surface area (TPSA) is 35.5 Å². The number of hydrogen-bond acceptors (Lipinski definition) is 3. The summed E-state index contributed by atoms with van der Waals surface area (Å²) in [6, 6.07) is 5.34. The Labute approximate surface area is 114 Å². The van der Waals surface area contributed by atoms with Crippen molar-refractivity contribution >= 4 is 6.29 Å². The van der Waals surface area contributed by atoms with E-state index in [1.807, 2.05) is 13.0 Å². The van der Waals surface area contributed by atoms with Gasteiger partial charge in [0.05, 0.1) is 13.2 Å². The molecule has 2 rings (SSSR count). The minimum atomic E-state index is 0.572. The van der Waals surface area contributed by atoms with Crippen LogP contribution in [0.5, 0.6) is 11.5 Å². The second kappa shape index (κ2) is 7.17. The lowest BCUT2D eigenvalue weighted by molar-refractivity contribution is 0.112. The molecule has 19 heavy (non-hydrogen) atoms. The van der Waals surface area contributed by atoms with E-state index in [-0.39, 0.29) is 0 Å². The molecule has 0 heterocycles. The van der Waals surface area contributed by atoms with E-state index in [0.717, 1.165) is 18.6 Å². The monoisotopic (exact) mass is 262 g/mol. The number of carbonyl (C=O) groups excluding carboxylic acids is 1. The van der Waals surface area contributed by atoms with Crippen molar-refractivity contribution in [2.75, 3.05) is 13.2 Å². The van der Waals surface area contributed by atoms with E-state index in [1.54, 1.807) is 12.1 Å². The van der Waals surface area contributed by atoms with Crippen LogP contribution in [0.15, 0.2) is 18.2 Å². The van der Waals surface area contributed by atoms with Gasteiger partial charge in [-0.3, -0.25) is 4.79 Å². The molecule has 0 radical (unpaired) electrons. The number of ether oxygens (including phenoxy) is 2. The molecule has 0 N–H and O–H groups in total. The van der Waals surface area contributed by atoms with Crippen molar-refractivity contribution in [1.82, 2.24) is 0 Å². The largest absolute Gasteiger partial charge is 0.490 e. The number of carbonyl (C=O) groups is 1. The lowest BCUT2D eigenvalue weighted by atomic mass is 9.90. The van der Waals surface area contributed by atoms with Crippen LogP contribution in [0, 0.1) is 5.92 Å². The first-order valence-electron chi connectivity index (χ1n) is 7.18. The van der Waals surface area contributed by atoms with E-state index in [1.165, 1.54) is 32.1 Å². The van der Waals surface area contributed by atoms with Crippen molar-refractivity contribution in [2.24, 2.45) is 5.92 Å². The van der Waals surface area contributed by atoms with Crippen LogP contribution in [0.2, 0.25) is 0 Å². The molecular weight excluding hydrogens is 240 g/mol. The number of aldehydes is 1. The SMILES string of the molecule is CCOc1cc(C=O)ccc1OCC1CCCCC1. The molecular formula is C16H22O3. The highest BCUT2D eigenvalue weighted by molar-refractivity contribution is 5.76. The summed E-state index contributed by atoms with van der Waals surface area (Å²) in [7, 11) is 0. The molecule has 1 aliphatic carbocycles. The van der Waals surface area contributed by atoms with Gasteiger partial charge < -0.3 is 9.47 Å². The molecule has 3 nitrogen and oxygen atoms in total. The number of benzene rings is 1. The molecule has 0 atom stereocenters. The molecule has 1 aliphatic rings. The summed E-state index contributed by atoms with van der Waals surface area (Å²) in [5.41, 5.74) is 0.619. The first-order chi connectivity index (χ1) is 9.33. The van der Waals surface area contributed by atoms with E-state index in [2.05, 4.69) is 0 Å². The molecule has 1 aromatic rings. The third-order valence-corrected chi connectivity index (χ3v) is 3.60. The van der Waals surface area contributed by atoms with E-state index in [0.29, 0.717) is 23.8 Å². The fourth-order valence-electron chi connectivity index (χ4n) is 2.55. The smallest absolute Gasteiger partial charge is 0.161 e. The minimum absolute atomic E-state index is 0.572. The highest BCUT2D eigenvalue weighted by atomic mass is 16.5. The molecule has 0 bridgehead atoms. The third-order valence-electron chi connectivity index (χ3n) is 3.60. The van der Waals surface area contributed by atoms with Gasteiger partial charge in [-0.15, -0.1) is 0 Å². The van der Waals surface area contributed by atoms with Crippen LogP contribution in [-0.4, -0.2) is 19.5 Å². The summed E-state index contributed by atoms with van der Waals surface area (Å²) in [4.78, 5) is 10.8. The summed E-state index contributed by atoms with van der Waals surface area (Å²) < 4.78 is 11.4. The highest BCUT2D eigenvalue weighted by Gasteiger charge is 2.15. The average molecular weight is 262 g/mol. The minimum Gasteiger partial charge on any atom is -0.490 e. The predicted molar refractivity (Wildman–Crippen MR) is 75.1 cm³/mol. The summed E-state index contributed by atoms with van der Waals surface area (Å²) in [6.07, 6.45) is 7.34. The van der Waals surface area contributed by atoms with Gasteiger partial charge in [-0.25, -0.2) is 0 Å². The van der Waals surface area contributed by atoms with Crippen LogP contribution in [0.3, 0.4) is 0 Å². The Kier molecular flexibility index (Phi) is 5.25. The van der Waals surface area contributed by atoms with Crippen molar-refractivity contribution in [3.63, 3.8) is 0 Å². The lowest BCUT2D eigenvalue weighted by Crippen LogP contribution is -2.15. The average Bonchev–Trinajstić information content (AvgIpc) is 2.47. The van der Waals surface area contributed by atoms with Crippen molar-refractivity contribution in [2.45, 2.75) is 39.0 Å². The molecule has 104 valence electrons. The van der Waals surface area contributed by atoms with Crippen molar-refractivity contribution in [3.05, 3.63) is 23.8 Å². The second-order valence-electron chi connectivity index (χ2n) is 5.07. The lowest BCUT2D eigenvalue weighted by Gasteiger charge is -2.22. The Morgan fingerprint density at radius 3 is 2.63 bits per heavy atom. The Hall–Kier alpha value is -1.51. The maximum atomic E-state index is 10.8. The zero-order chi connectivity index (χ0) is 13.5. The summed E-state index contributed by atoms with van der Waals surface area (Å²) in [6.45, 7) is 3.25. The maximum Gasteiger partial charge on any atom is 0.161 e. The van der Waals surface area contributed by atoms with E-state index in [9.17, 15) is 4.79 Å². The van der Waals surface area contributed by atoms with Gasteiger partial charge in [0.1, 0.15) is 6.29 Å². The Morgan fingerprint density at radius 1 is 1.16 bits per heavy atom. The molecule has 0 aliphatic heterocycles. The molecule has 0 unspecified atom stereocenters. The van der Waals surface area contributed by atoms with Crippen LogP contribution in [0.4, 0.5) is 0 Å². The summed E-state index contributed by atoms with van der Waals surface area (Å²) >= 11 is 0. The molecule has 1 aromatic carbocycles. The normalized spacial score (nSPS) is 16.1. The van der Waals surface area contributed by atoms with Crippen LogP contribution < -0.4 is 9.47 Å². The summed E-state index contributed by atoms with van der Waals surface area (Å²) in [5, 5.41) is 0. The zero-order valence-electron chi connectivity index (χ0n) is 11.6. The van der Waals surface area contributed by atoms with Gasteiger partial charge in [0.15, 0.2) is 11.5 Å². The fourth-order valence-corrected chi connectivity index (χ4v) is 2.55. The Balaban J connectivity index is 1.99. The molecule has 1 fully saturated rings. The number of rotatable bonds is 6. The highest BCUT2D eigenvalue weighted by Crippen LogP contribution is 2.30. The molecule has 3 heteroatoms. The first kappa shape index (κ1) is 13.9.